The standard InChI is InChI=1S/C7H11N3S2/c1-2-6(8-3-1)4-11-7-9-5-10-12-7/h5-6,8H,1-4H2. The maximum absolute atomic E-state index is 4.12. The minimum atomic E-state index is 0.693. The summed E-state index contributed by atoms with van der Waals surface area (Å²) in [6.07, 6.45) is 4.25. The average molecular weight is 201 g/mol. The molecule has 1 aromatic rings. The Morgan fingerprint density at radius 2 is 2.75 bits per heavy atom. The molecule has 0 spiro atoms. The van der Waals surface area contributed by atoms with E-state index in [-0.39, 0.29) is 0 Å². The van der Waals surface area contributed by atoms with E-state index in [2.05, 4.69) is 14.7 Å². The van der Waals surface area contributed by atoms with E-state index < -0.39 is 0 Å². The molecule has 2 heterocycles. The summed E-state index contributed by atoms with van der Waals surface area (Å²) in [5, 5.41) is 3.45. The van der Waals surface area contributed by atoms with Crippen molar-refractivity contribution in [1.82, 2.24) is 14.7 Å². The lowest BCUT2D eigenvalue weighted by Crippen LogP contribution is -2.23. The SMILES string of the molecule is c1nsc(SCC2CCCN2)n1. The van der Waals surface area contributed by atoms with Gasteiger partial charge in [-0.25, -0.2) is 4.98 Å². The molecule has 0 aromatic carbocycles. The molecule has 0 bridgehead atoms. The molecule has 0 saturated carbocycles. The highest BCUT2D eigenvalue weighted by Gasteiger charge is 2.14. The number of hydrogen-bond donors (Lipinski definition) is 1. The smallest absolute Gasteiger partial charge is 0.169 e. The van der Waals surface area contributed by atoms with Crippen molar-refractivity contribution in [3.8, 4) is 0 Å². The van der Waals surface area contributed by atoms with Gasteiger partial charge in [0.15, 0.2) is 4.34 Å². The molecular weight excluding hydrogens is 190 g/mol. The van der Waals surface area contributed by atoms with Crippen molar-refractivity contribution in [3.63, 3.8) is 0 Å². The van der Waals surface area contributed by atoms with Crippen molar-refractivity contribution in [2.45, 2.75) is 23.2 Å². The van der Waals surface area contributed by atoms with Gasteiger partial charge in [-0.3, -0.25) is 0 Å². The third kappa shape index (κ3) is 2.18. The Labute approximate surface area is 80.1 Å². The third-order valence-electron chi connectivity index (χ3n) is 1.91. The highest BCUT2D eigenvalue weighted by Crippen LogP contribution is 2.21. The highest BCUT2D eigenvalue weighted by molar-refractivity contribution is 8.00. The van der Waals surface area contributed by atoms with Crippen LogP contribution in [0.3, 0.4) is 0 Å². The summed E-state index contributed by atoms with van der Waals surface area (Å²) in [6, 6.07) is 0.693. The Balaban J connectivity index is 1.74. The predicted molar refractivity (Wildman–Crippen MR) is 51.7 cm³/mol. The first-order valence-electron chi connectivity index (χ1n) is 4.08. The summed E-state index contributed by atoms with van der Waals surface area (Å²) < 4.78 is 5.04. The first-order chi connectivity index (χ1) is 5.95. The molecule has 1 saturated heterocycles. The van der Waals surface area contributed by atoms with Crippen LogP contribution in [0.5, 0.6) is 0 Å². The zero-order chi connectivity index (χ0) is 8.23. The largest absolute Gasteiger partial charge is 0.313 e. The van der Waals surface area contributed by atoms with E-state index in [1.807, 2.05) is 0 Å². The minimum absolute atomic E-state index is 0.693. The fraction of sp³-hybridized carbons (Fsp3) is 0.714. The van der Waals surface area contributed by atoms with E-state index in [0.717, 1.165) is 10.1 Å². The molecule has 66 valence electrons. The van der Waals surface area contributed by atoms with E-state index in [0.29, 0.717) is 6.04 Å². The summed E-state index contributed by atoms with van der Waals surface area (Å²) >= 11 is 3.29. The molecule has 1 aromatic heterocycles. The topological polar surface area (TPSA) is 37.8 Å². The lowest BCUT2D eigenvalue weighted by molar-refractivity contribution is 0.674. The molecule has 1 fully saturated rings. The van der Waals surface area contributed by atoms with Crippen LogP contribution in [0, 0.1) is 0 Å². The van der Waals surface area contributed by atoms with E-state index in [1.54, 1.807) is 18.1 Å². The van der Waals surface area contributed by atoms with Gasteiger partial charge in [-0.15, -0.1) is 0 Å². The Kier molecular flexibility index (Phi) is 2.97. The van der Waals surface area contributed by atoms with Gasteiger partial charge in [0.1, 0.15) is 6.33 Å². The summed E-state index contributed by atoms with van der Waals surface area (Å²) in [6.45, 7) is 1.18. The Morgan fingerprint density at radius 3 is 3.42 bits per heavy atom. The quantitative estimate of drug-likeness (QED) is 0.750. The van der Waals surface area contributed by atoms with E-state index in [1.165, 1.54) is 30.9 Å². The normalized spacial score (nSPS) is 23.2. The van der Waals surface area contributed by atoms with Crippen LogP contribution in [0.15, 0.2) is 10.7 Å². The lowest BCUT2D eigenvalue weighted by Gasteiger charge is -2.06. The molecule has 1 aliphatic heterocycles. The van der Waals surface area contributed by atoms with Crippen LogP contribution in [0.25, 0.3) is 0 Å². The summed E-state index contributed by atoms with van der Waals surface area (Å²) in [5.41, 5.74) is 0. The van der Waals surface area contributed by atoms with Gasteiger partial charge < -0.3 is 5.32 Å². The second-order valence-corrected chi connectivity index (χ2v) is 4.86. The second-order valence-electron chi connectivity index (χ2n) is 2.81. The average Bonchev–Trinajstić information content (AvgIpc) is 2.74. The Bertz CT molecular complexity index is 219. The summed E-state index contributed by atoms with van der Waals surface area (Å²) in [7, 11) is 0. The number of hydrogen-bond acceptors (Lipinski definition) is 5. The monoisotopic (exact) mass is 201 g/mol. The highest BCUT2D eigenvalue weighted by atomic mass is 32.2. The molecule has 0 aliphatic carbocycles. The molecule has 3 nitrogen and oxygen atoms in total. The predicted octanol–water partition coefficient (Wildman–Crippen LogP) is 1.38. The molecule has 1 unspecified atom stereocenters. The molecule has 5 heteroatoms. The van der Waals surface area contributed by atoms with Crippen molar-refractivity contribution in [2.24, 2.45) is 0 Å². The van der Waals surface area contributed by atoms with Crippen molar-refractivity contribution in [1.29, 1.82) is 0 Å². The first-order valence-corrected chi connectivity index (χ1v) is 5.84. The van der Waals surface area contributed by atoms with Crippen LogP contribution < -0.4 is 5.32 Å². The molecular formula is C7H11N3S2. The van der Waals surface area contributed by atoms with Gasteiger partial charge in [-0.2, -0.15) is 4.37 Å². The number of thioether (sulfide) groups is 1. The van der Waals surface area contributed by atoms with E-state index in [9.17, 15) is 0 Å². The Morgan fingerprint density at radius 1 is 1.75 bits per heavy atom. The van der Waals surface area contributed by atoms with Gasteiger partial charge in [0.05, 0.1) is 0 Å². The molecule has 1 N–H and O–H groups in total. The van der Waals surface area contributed by atoms with Crippen LogP contribution in [0.2, 0.25) is 0 Å². The van der Waals surface area contributed by atoms with Crippen LogP contribution in [0.4, 0.5) is 0 Å². The third-order valence-corrected chi connectivity index (χ3v) is 3.87. The summed E-state index contributed by atoms with van der Waals surface area (Å²) in [5.74, 6) is 1.13. The fourth-order valence-corrected chi connectivity index (χ4v) is 2.87. The van der Waals surface area contributed by atoms with Crippen molar-refractivity contribution in [2.75, 3.05) is 12.3 Å². The second kappa shape index (κ2) is 4.20. The van der Waals surface area contributed by atoms with Crippen LogP contribution in [-0.2, 0) is 0 Å². The van der Waals surface area contributed by atoms with Gasteiger partial charge in [-0.05, 0) is 30.9 Å². The fourth-order valence-electron chi connectivity index (χ4n) is 1.30. The molecule has 2 rings (SSSR count). The van der Waals surface area contributed by atoms with Gasteiger partial charge >= 0.3 is 0 Å². The zero-order valence-electron chi connectivity index (χ0n) is 6.69. The molecule has 0 amide bonds. The van der Waals surface area contributed by atoms with Gasteiger partial charge in [0.25, 0.3) is 0 Å². The first kappa shape index (κ1) is 8.47. The number of rotatable bonds is 3. The lowest BCUT2D eigenvalue weighted by atomic mass is 10.3. The van der Waals surface area contributed by atoms with Crippen LogP contribution >= 0.6 is 23.3 Å². The molecule has 1 aliphatic rings. The number of aromatic nitrogens is 2. The Hall–Kier alpha value is -0.130. The maximum atomic E-state index is 4.12. The maximum Gasteiger partial charge on any atom is 0.169 e. The van der Waals surface area contributed by atoms with Crippen molar-refractivity contribution in [3.05, 3.63) is 6.33 Å². The van der Waals surface area contributed by atoms with Gasteiger partial charge in [0, 0.05) is 11.8 Å². The summed E-state index contributed by atoms with van der Waals surface area (Å²) in [4.78, 5) is 4.12. The van der Waals surface area contributed by atoms with Crippen molar-refractivity contribution >= 4 is 23.3 Å². The van der Waals surface area contributed by atoms with E-state index >= 15 is 0 Å². The minimum Gasteiger partial charge on any atom is -0.313 e. The molecule has 0 radical (unpaired) electrons. The zero-order valence-corrected chi connectivity index (χ0v) is 8.33. The van der Waals surface area contributed by atoms with Crippen LogP contribution in [0.1, 0.15) is 12.8 Å². The van der Waals surface area contributed by atoms with Crippen molar-refractivity contribution < 1.29 is 0 Å². The van der Waals surface area contributed by atoms with Gasteiger partial charge in [-0.1, -0.05) is 11.8 Å². The van der Waals surface area contributed by atoms with Gasteiger partial charge in [0.2, 0.25) is 0 Å². The molecule has 12 heavy (non-hydrogen) atoms. The number of nitrogens with zero attached hydrogens (tertiary/aromatic N) is 2. The van der Waals surface area contributed by atoms with E-state index in [4.69, 9.17) is 0 Å². The molecule has 1 atom stereocenters. The van der Waals surface area contributed by atoms with Crippen LogP contribution in [-0.4, -0.2) is 27.7 Å². The number of nitrogens with one attached hydrogen (secondary N) is 1.